The molecule has 1 N–H and O–H groups in total. The second kappa shape index (κ2) is 4.58. The number of carbonyl (C=O) groups excluding carboxylic acids is 1. The van der Waals surface area contributed by atoms with Gasteiger partial charge in [-0.3, -0.25) is 9.69 Å². The second-order valence-corrected chi connectivity index (χ2v) is 3.42. The van der Waals surface area contributed by atoms with E-state index in [1.54, 1.807) is 0 Å². The number of hydrogen-bond donors (Lipinski definition) is 1. The monoisotopic (exact) mass is 187 g/mol. The summed E-state index contributed by atoms with van der Waals surface area (Å²) < 4.78 is 4.65. The minimum Gasteiger partial charge on any atom is -0.468 e. The smallest absolute Gasteiger partial charge is 0.322 e. The molecule has 4 heteroatoms. The van der Waals surface area contributed by atoms with E-state index >= 15 is 0 Å². The molecular weight excluding hydrogens is 170 g/mol. The summed E-state index contributed by atoms with van der Waals surface area (Å²) in [6.45, 7) is 2.82. The highest BCUT2D eigenvalue weighted by Gasteiger charge is 2.31. The highest BCUT2D eigenvalue weighted by Crippen LogP contribution is 2.19. The number of carbonyl (C=O) groups is 1. The van der Waals surface area contributed by atoms with Crippen molar-refractivity contribution in [1.82, 2.24) is 4.90 Å². The molecule has 0 bridgehead atoms. The number of likely N-dealkylation sites (tertiary alicyclic amines) is 1. The number of aliphatic hydroxyl groups excluding tert-OH is 1. The summed E-state index contributed by atoms with van der Waals surface area (Å²) >= 11 is 0. The maximum atomic E-state index is 11.2. The zero-order chi connectivity index (χ0) is 9.84. The van der Waals surface area contributed by atoms with Crippen LogP contribution in [-0.2, 0) is 9.53 Å². The summed E-state index contributed by atoms with van der Waals surface area (Å²) in [6, 6.07) is -0.0984. The van der Waals surface area contributed by atoms with Crippen LogP contribution in [0.4, 0.5) is 0 Å². The van der Waals surface area contributed by atoms with Gasteiger partial charge in [0.2, 0.25) is 0 Å². The largest absolute Gasteiger partial charge is 0.468 e. The molecule has 0 spiro atoms. The summed E-state index contributed by atoms with van der Waals surface area (Å²) in [5, 5.41) is 9.05. The van der Waals surface area contributed by atoms with Gasteiger partial charge < -0.3 is 9.84 Å². The van der Waals surface area contributed by atoms with Gasteiger partial charge in [-0.2, -0.15) is 0 Å². The molecule has 1 saturated heterocycles. The fourth-order valence-electron chi connectivity index (χ4n) is 1.87. The fraction of sp³-hybridized carbons (Fsp3) is 0.889. The highest BCUT2D eigenvalue weighted by atomic mass is 16.5. The first-order chi connectivity index (χ1) is 6.20. The van der Waals surface area contributed by atoms with Crippen molar-refractivity contribution in [1.29, 1.82) is 0 Å². The van der Waals surface area contributed by atoms with Crippen LogP contribution in [-0.4, -0.2) is 48.3 Å². The maximum Gasteiger partial charge on any atom is 0.322 e. The van der Waals surface area contributed by atoms with Gasteiger partial charge in [-0.1, -0.05) is 0 Å². The molecule has 1 fully saturated rings. The van der Waals surface area contributed by atoms with Crippen molar-refractivity contribution in [2.24, 2.45) is 0 Å². The van der Waals surface area contributed by atoms with Crippen LogP contribution < -0.4 is 0 Å². The lowest BCUT2D eigenvalue weighted by Gasteiger charge is -2.27. The van der Waals surface area contributed by atoms with E-state index in [9.17, 15) is 4.79 Å². The third-order valence-electron chi connectivity index (χ3n) is 2.67. The van der Waals surface area contributed by atoms with Crippen LogP contribution in [0.5, 0.6) is 0 Å². The first kappa shape index (κ1) is 10.5. The Morgan fingerprint density at radius 2 is 2.46 bits per heavy atom. The van der Waals surface area contributed by atoms with E-state index in [1.807, 2.05) is 11.8 Å². The lowest BCUT2D eigenvalue weighted by Crippen LogP contribution is -2.44. The average molecular weight is 187 g/mol. The number of hydrogen-bond acceptors (Lipinski definition) is 4. The van der Waals surface area contributed by atoms with Gasteiger partial charge in [-0.05, 0) is 26.3 Å². The zero-order valence-electron chi connectivity index (χ0n) is 8.19. The van der Waals surface area contributed by atoms with E-state index in [0.717, 1.165) is 19.4 Å². The Morgan fingerprint density at radius 1 is 1.77 bits per heavy atom. The highest BCUT2D eigenvalue weighted by molar-refractivity contribution is 5.75. The van der Waals surface area contributed by atoms with E-state index in [0.29, 0.717) is 0 Å². The quantitative estimate of drug-likeness (QED) is 0.632. The molecule has 13 heavy (non-hydrogen) atoms. The van der Waals surface area contributed by atoms with Crippen molar-refractivity contribution in [3.05, 3.63) is 0 Å². The summed E-state index contributed by atoms with van der Waals surface area (Å²) in [4.78, 5) is 13.2. The molecule has 4 nitrogen and oxygen atoms in total. The molecule has 0 amide bonds. The standard InChI is InChI=1S/C9H17NO3/c1-7(9(12)13-2)10-5-3-4-8(10)6-11/h7-8,11H,3-6H2,1-2H3/t7?,8-/m0/s1. The third kappa shape index (κ3) is 2.19. The van der Waals surface area contributed by atoms with E-state index in [1.165, 1.54) is 7.11 Å². The number of rotatable bonds is 3. The second-order valence-electron chi connectivity index (χ2n) is 3.42. The Labute approximate surface area is 78.5 Å². The molecule has 1 heterocycles. The van der Waals surface area contributed by atoms with Gasteiger partial charge in [0.15, 0.2) is 0 Å². The van der Waals surface area contributed by atoms with Crippen LogP contribution in [0.1, 0.15) is 19.8 Å². The molecule has 1 unspecified atom stereocenters. The molecule has 76 valence electrons. The maximum absolute atomic E-state index is 11.2. The molecular formula is C9H17NO3. The Morgan fingerprint density at radius 3 is 3.00 bits per heavy atom. The Kier molecular flexibility index (Phi) is 3.69. The predicted octanol–water partition coefficient (Wildman–Crippen LogP) is 0.00460. The number of esters is 1. The SMILES string of the molecule is COC(=O)C(C)N1CCC[C@H]1CO. The van der Waals surface area contributed by atoms with Gasteiger partial charge in [0.25, 0.3) is 0 Å². The van der Waals surface area contributed by atoms with Crippen LogP contribution in [0.2, 0.25) is 0 Å². The van der Waals surface area contributed by atoms with E-state index in [-0.39, 0.29) is 24.7 Å². The van der Waals surface area contributed by atoms with Crippen LogP contribution in [0.25, 0.3) is 0 Å². The third-order valence-corrected chi connectivity index (χ3v) is 2.67. The molecule has 0 aliphatic carbocycles. The van der Waals surface area contributed by atoms with Gasteiger partial charge in [0.05, 0.1) is 13.7 Å². The topological polar surface area (TPSA) is 49.8 Å². The zero-order valence-corrected chi connectivity index (χ0v) is 8.19. The first-order valence-electron chi connectivity index (χ1n) is 4.65. The van der Waals surface area contributed by atoms with Gasteiger partial charge >= 0.3 is 5.97 Å². The van der Waals surface area contributed by atoms with Crippen molar-refractivity contribution in [3.63, 3.8) is 0 Å². The Balaban J connectivity index is 2.54. The molecule has 2 atom stereocenters. The Bertz CT molecular complexity index is 184. The van der Waals surface area contributed by atoms with Gasteiger partial charge in [0.1, 0.15) is 6.04 Å². The van der Waals surface area contributed by atoms with Crippen LogP contribution in [0.3, 0.4) is 0 Å². The summed E-state index contributed by atoms with van der Waals surface area (Å²) in [5.74, 6) is -0.222. The average Bonchev–Trinajstić information content (AvgIpc) is 2.62. The minimum atomic E-state index is -0.232. The van der Waals surface area contributed by atoms with E-state index < -0.39 is 0 Å². The van der Waals surface area contributed by atoms with Crippen LogP contribution in [0.15, 0.2) is 0 Å². The van der Waals surface area contributed by atoms with E-state index in [4.69, 9.17) is 5.11 Å². The van der Waals surface area contributed by atoms with Crippen molar-refractivity contribution in [2.45, 2.75) is 31.8 Å². The molecule has 0 aromatic heterocycles. The number of methoxy groups -OCH3 is 1. The van der Waals surface area contributed by atoms with Gasteiger partial charge in [-0.15, -0.1) is 0 Å². The van der Waals surface area contributed by atoms with E-state index in [2.05, 4.69) is 4.74 Å². The molecule has 1 aliphatic heterocycles. The molecule has 1 rings (SSSR count). The molecule has 0 aromatic rings. The molecule has 0 radical (unpaired) electrons. The minimum absolute atomic E-state index is 0.126. The summed E-state index contributed by atoms with van der Waals surface area (Å²) in [7, 11) is 1.39. The molecule has 0 aromatic carbocycles. The lowest BCUT2D eigenvalue weighted by molar-refractivity contribution is -0.146. The van der Waals surface area contributed by atoms with Crippen molar-refractivity contribution < 1.29 is 14.6 Å². The lowest BCUT2D eigenvalue weighted by atomic mass is 10.2. The van der Waals surface area contributed by atoms with Crippen LogP contribution in [0, 0.1) is 0 Å². The number of aliphatic hydroxyl groups is 1. The van der Waals surface area contributed by atoms with Gasteiger partial charge in [0, 0.05) is 6.04 Å². The van der Waals surface area contributed by atoms with Crippen molar-refractivity contribution >= 4 is 5.97 Å². The summed E-state index contributed by atoms with van der Waals surface area (Å²) in [6.07, 6.45) is 2.02. The first-order valence-corrected chi connectivity index (χ1v) is 4.65. The van der Waals surface area contributed by atoms with Gasteiger partial charge in [-0.25, -0.2) is 0 Å². The van der Waals surface area contributed by atoms with Crippen molar-refractivity contribution in [3.8, 4) is 0 Å². The molecule has 1 aliphatic rings. The Hall–Kier alpha value is -0.610. The normalized spacial score (nSPS) is 25.9. The number of nitrogens with zero attached hydrogens (tertiary/aromatic N) is 1. The van der Waals surface area contributed by atoms with Crippen LogP contribution >= 0.6 is 0 Å². The number of ether oxygens (including phenoxy) is 1. The summed E-state index contributed by atoms with van der Waals surface area (Å²) in [5.41, 5.74) is 0. The van der Waals surface area contributed by atoms with Crippen molar-refractivity contribution in [2.75, 3.05) is 20.3 Å². The predicted molar refractivity (Wildman–Crippen MR) is 48.3 cm³/mol. The fourth-order valence-corrected chi connectivity index (χ4v) is 1.87. The molecule has 0 saturated carbocycles.